The van der Waals surface area contributed by atoms with Gasteiger partial charge in [0, 0.05) is 24.5 Å². The summed E-state index contributed by atoms with van der Waals surface area (Å²) in [6.07, 6.45) is 4.82. The molecule has 3 rings (SSSR count). The van der Waals surface area contributed by atoms with Crippen LogP contribution in [0.25, 0.3) is 0 Å². The van der Waals surface area contributed by atoms with E-state index in [1.165, 1.54) is 12.8 Å². The van der Waals surface area contributed by atoms with Gasteiger partial charge in [0.1, 0.15) is 5.75 Å². The Morgan fingerprint density at radius 2 is 1.93 bits per heavy atom. The fourth-order valence-electron chi connectivity index (χ4n) is 3.70. The highest BCUT2D eigenvalue weighted by Crippen LogP contribution is 2.33. The molecular formula is C21H30N2O4. The number of ether oxygens (including phenoxy) is 1. The Bertz CT molecular complexity index is 651. The molecule has 2 aliphatic rings. The minimum atomic E-state index is -0.767. The lowest BCUT2D eigenvalue weighted by atomic mass is 9.84. The molecular weight excluding hydrogens is 344 g/mol. The number of amides is 1. The molecule has 6 nitrogen and oxygen atoms in total. The third-order valence-corrected chi connectivity index (χ3v) is 5.65. The molecule has 0 saturated heterocycles. The number of hydrogen-bond donors (Lipinski definition) is 2. The molecule has 148 valence electrons. The first-order chi connectivity index (χ1) is 12.9. The maximum absolute atomic E-state index is 12.5. The average Bonchev–Trinajstić information content (AvgIpc) is 3.41. The number of carboxylic acid groups (broad SMARTS) is 1. The van der Waals surface area contributed by atoms with Gasteiger partial charge < -0.3 is 15.2 Å². The second kappa shape index (κ2) is 8.74. The smallest absolute Gasteiger partial charge is 0.317 e. The number of nitrogens with zero attached hydrogens (tertiary/aromatic N) is 1. The van der Waals surface area contributed by atoms with Crippen LogP contribution in [0, 0.1) is 11.8 Å². The van der Waals surface area contributed by atoms with Crippen molar-refractivity contribution in [1.29, 1.82) is 0 Å². The van der Waals surface area contributed by atoms with E-state index in [-0.39, 0.29) is 30.5 Å². The monoisotopic (exact) mass is 374 g/mol. The third kappa shape index (κ3) is 5.70. The lowest BCUT2D eigenvalue weighted by Crippen LogP contribution is -2.56. The standard InChI is InChI=1S/C21H30N2O4/c1-14(9-15-5-7-19(27-2)8-6-15)21(26)22-17-10-18(11-17)23(13-20(24)25)12-16-3-4-16/h5-8,14,16-18H,3-4,9-13H2,1-2H3,(H,22,26)(H,24,25). The van der Waals surface area contributed by atoms with Crippen LogP contribution in [0.1, 0.15) is 38.2 Å². The number of hydrogen-bond acceptors (Lipinski definition) is 4. The second-order valence-electron chi connectivity index (χ2n) is 8.05. The molecule has 0 spiro atoms. The van der Waals surface area contributed by atoms with Crippen LogP contribution in [0.5, 0.6) is 5.75 Å². The Hall–Kier alpha value is -2.08. The van der Waals surface area contributed by atoms with Gasteiger partial charge >= 0.3 is 5.97 Å². The summed E-state index contributed by atoms with van der Waals surface area (Å²) >= 11 is 0. The Morgan fingerprint density at radius 1 is 1.26 bits per heavy atom. The van der Waals surface area contributed by atoms with Crippen molar-refractivity contribution in [3.05, 3.63) is 29.8 Å². The van der Waals surface area contributed by atoms with Crippen molar-refractivity contribution in [3.8, 4) is 5.75 Å². The summed E-state index contributed by atoms with van der Waals surface area (Å²) in [5.41, 5.74) is 1.11. The van der Waals surface area contributed by atoms with Gasteiger partial charge in [0.2, 0.25) is 5.91 Å². The molecule has 2 saturated carbocycles. The van der Waals surface area contributed by atoms with Crippen LogP contribution >= 0.6 is 0 Å². The van der Waals surface area contributed by atoms with E-state index in [4.69, 9.17) is 9.84 Å². The largest absolute Gasteiger partial charge is 0.497 e. The van der Waals surface area contributed by atoms with Crippen LogP contribution in [0.4, 0.5) is 0 Å². The molecule has 0 bridgehead atoms. The average molecular weight is 374 g/mol. The topological polar surface area (TPSA) is 78.9 Å². The number of carboxylic acids is 1. The van der Waals surface area contributed by atoms with Crippen molar-refractivity contribution in [3.63, 3.8) is 0 Å². The Kier molecular flexibility index (Phi) is 6.37. The van der Waals surface area contributed by atoms with Gasteiger partial charge in [-0.25, -0.2) is 0 Å². The number of nitrogens with one attached hydrogen (secondary N) is 1. The summed E-state index contributed by atoms with van der Waals surface area (Å²) in [4.78, 5) is 25.7. The summed E-state index contributed by atoms with van der Waals surface area (Å²) in [7, 11) is 1.64. The molecule has 0 aromatic heterocycles. The number of aliphatic carboxylic acids is 1. The van der Waals surface area contributed by atoms with Crippen LogP contribution in [-0.2, 0) is 16.0 Å². The summed E-state index contributed by atoms with van der Waals surface area (Å²) in [5, 5.41) is 12.3. The molecule has 0 heterocycles. The van der Waals surface area contributed by atoms with Crippen molar-refractivity contribution >= 4 is 11.9 Å². The van der Waals surface area contributed by atoms with Crippen LogP contribution in [-0.4, -0.2) is 54.2 Å². The van der Waals surface area contributed by atoms with E-state index >= 15 is 0 Å². The molecule has 2 aliphatic carbocycles. The van der Waals surface area contributed by atoms with Gasteiger partial charge in [-0.3, -0.25) is 14.5 Å². The van der Waals surface area contributed by atoms with Gasteiger partial charge in [-0.15, -0.1) is 0 Å². The number of rotatable bonds is 10. The zero-order valence-corrected chi connectivity index (χ0v) is 16.2. The minimum absolute atomic E-state index is 0.0706. The van der Waals surface area contributed by atoms with Gasteiger partial charge in [-0.05, 0) is 55.7 Å². The van der Waals surface area contributed by atoms with E-state index in [2.05, 4.69) is 10.2 Å². The third-order valence-electron chi connectivity index (χ3n) is 5.65. The number of carbonyl (C=O) groups excluding carboxylic acids is 1. The molecule has 1 atom stereocenters. The highest BCUT2D eigenvalue weighted by Gasteiger charge is 2.38. The number of methoxy groups -OCH3 is 1. The van der Waals surface area contributed by atoms with Gasteiger partial charge in [0.25, 0.3) is 0 Å². The summed E-state index contributed by atoms with van der Waals surface area (Å²) in [6.45, 7) is 2.93. The summed E-state index contributed by atoms with van der Waals surface area (Å²) in [5.74, 6) is 0.688. The van der Waals surface area contributed by atoms with Crippen LogP contribution < -0.4 is 10.1 Å². The first-order valence-electron chi connectivity index (χ1n) is 9.83. The van der Waals surface area contributed by atoms with Gasteiger partial charge in [0.15, 0.2) is 0 Å². The van der Waals surface area contributed by atoms with Crippen molar-refractivity contribution in [2.75, 3.05) is 20.2 Å². The van der Waals surface area contributed by atoms with Gasteiger partial charge in [0.05, 0.1) is 13.7 Å². The van der Waals surface area contributed by atoms with Crippen molar-refractivity contribution in [1.82, 2.24) is 10.2 Å². The predicted molar refractivity (Wildman–Crippen MR) is 103 cm³/mol. The van der Waals surface area contributed by atoms with Crippen LogP contribution in [0.2, 0.25) is 0 Å². The van der Waals surface area contributed by atoms with E-state index in [0.29, 0.717) is 12.3 Å². The summed E-state index contributed by atoms with van der Waals surface area (Å²) in [6, 6.07) is 8.24. The highest BCUT2D eigenvalue weighted by atomic mass is 16.5. The lowest BCUT2D eigenvalue weighted by molar-refractivity contribution is -0.140. The van der Waals surface area contributed by atoms with Crippen molar-refractivity contribution in [2.45, 2.75) is 51.1 Å². The van der Waals surface area contributed by atoms with E-state index in [1.807, 2.05) is 31.2 Å². The zero-order chi connectivity index (χ0) is 19.4. The fourth-order valence-corrected chi connectivity index (χ4v) is 3.70. The maximum atomic E-state index is 12.5. The molecule has 0 radical (unpaired) electrons. The first-order valence-corrected chi connectivity index (χ1v) is 9.83. The predicted octanol–water partition coefficient (Wildman–Crippen LogP) is 2.32. The van der Waals surface area contributed by atoms with Gasteiger partial charge in [-0.1, -0.05) is 19.1 Å². The van der Waals surface area contributed by atoms with Crippen molar-refractivity contribution in [2.24, 2.45) is 11.8 Å². The zero-order valence-electron chi connectivity index (χ0n) is 16.2. The lowest BCUT2D eigenvalue weighted by Gasteiger charge is -2.43. The van der Waals surface area contributed by atoms with E-state index < -0.39 is 5.97 Å². The molecule has 1 aromatic rings. The minimum Gasteiger partial charge on any atom is -0.497 e. The SMILES string of the molecule is COc1ccc(CC(C)C(=O)NC2CC(N(CC(=O)O)CC3CC3)C2)cc1. The summed E-state index contributed by atoms with van der Waals surface area (Å²) < 4.78 is 5.16. The highest BCUT2D eigenvalue weighted by molar-refractivity contribution is 5.79. The second-order valence-corrected chi connectivity index (χ2v) is 8.05. The van der Waals surface area contributed by atoms with E-state index in [1.54, 1.807) is 7.11 Å². The number of carbonyl (C=O) groups is 2. The number of benzene rings is 1. The molecule has 6 heteroatoms. The quantitative estimate of drug-likeness (QED) is 0.657. The van der Waals surface area contributed by atoms with Crippen LogP contribution in [0.15, 0.2) is 24.3 Å². The molecule has 1 aromatic carbocycles. The first kappa shape index (κ1) is 19.7. The van der Waals surface area contributed by atoms with Gasteiger partial charge in [-0.2, -0.15) is 0 Å². The molecule has 1 amide bonds. The molecule has 0 aliphatic heterocycles. The van der Waals surface area contributed by atoms with E-state index in [9.17, 15) is 9.59 Å². The molecule has 2 fully saturated rings. The molecule has 1 unspecified atom stereocenters. The molecule has 2 N–H and O–H groups in total. The Morgan fingerprint density at radius 3 is 2.48 bits per heavy atom. The normalized spacial score (nSPS) is 22.8. The van der Waals surface area contributed by atoms with E-state index in [0.717, 1.165) is 30.7 Å². The van der Waals surface area contributed by atoms with Crippen LogP contribution in [0.3, 0.4) is 0 Å². The Labute approximate surface area is 160 Å². The van der Waals surface area contributed by atoms with Crippen molar-refractivity contribution < 1.29 is 19.4 Å². The molecule has 27 heavy (non-hydrogen) atoms. The fraction of sp³-hybridized carbons (Fsp3) is 0.619. The maximum Gasteiger partial charge on any atom is 0.317 e. The Balaban J connectivity index is 1.42.